The van der Waals surface area contributed by atoms with Crippen molar-refractivity contribution in [1.29, 1.82) is 0 Å². The SMILES string of the molecule is Cc1ccc(CNC(C(=O)O)C2CC2)cc1NC(c1c[nH]c(=O)c(C)c1)C(C)C. The fourth-order valence-corrected chi connectivity index (χ4v) is 3.65. The van der Waals surface area contributed by atoms with Crippen LogP contribution in [0.25, 0.3) is 0 Å². The van der Waals surface area contributed by atoms with Gasteiger partial charge in [-0.25, -0.2) is 0 Å². The quantitative estimate of drug-likeness (QED) is 0.517. The molecule has 0 spiro atoms. The number of hydrogen-bond donors (Lipinski definition) is 4. The van der Waals surface area contributed by atoms with Crippen LogP contribution in [-0.4, -0.2) is 22.1 Å². The third-order valence-electron chi connectivity index (χ3n) is 5.64. The topological polar surface area (TPSA) is 94.2 Å². The molecule has 2 atom stereocenters. The number of aliphatic carboxylic acids is 1. The average Bonchev–Trinajstić information content (AvgIpc) is 3.49. The molecule has 6 heteroatoms. The van der Waals surface area contributed by atoms with Crippen molar-refractivity contribution in [1.82, 2.24) is 10.3 Å². The van der Waals surface area contributed by atoms with Crippen LogP contribution in [0.3, 0.4) is 0 Å². The van der Waals surface area contributed by atoms with E-state index in [1.165, 1.54) is 0 Å². The van der Waals surface area contributed by atoms with Crippen LogP contribution in [0.4, 0.5) is 5.69 Å². The van der Waals surface area contributed by atoms with E-state index in [1.807, 2.05) is 19.1 Å². The molecule has 0 saturated heterocycles. The molecule has 0 aliphatic heterocycles. The number of benzene rings is 1. The number of carboxylic acid groups (broad SMARTS) is 1. The van der Waals surface area contributed by atoms with Crippen molar-refractivity contribution in [3.05, 3.63) is 63.1 Å². The number of aromatic nitrogens is 1. The maximum atomic E-state index is 11.7. The maximum absolute atomic E-state index is 11.7. The van der Waals surface area contributed by atoms with Crippen molar-refractivity contribution >= 4 is 11.7 Å². The van der Waals surface area contributed by atoms with E-state index in [-0.39, 0.29) is 17.5 Å². The summed E-state index contributed by atoms with van der Waals surface area (Å²) >= 11 is 0. The normalized spacial score (nSPS) is 15.9. The first-order valence-electron chi connectivity index (χ1n) is 10.3. The first-order chi connectivity index (χ1) is 13.8. The number of nitrogens with one attached hydrogen (secondary N) is 3. The highest BCUT2D eigenvalue weighted by Crippen LogP contribution is 2.33. The molecule has 0 radical (unpaired) electrons. The molecule has 1 heterocycles. The zero-order chi connectivity index (χ0) is 21.1. The average molecular weight is 398 g/mol. The molecule has 29 heavy (non-hydrogen) atoms. The summed E-state index contributed by atoms with van der Waals surface area (Å²) < 4.78 is 0. The van der Waals surface area contributed by atoms with E-state index >= 15 is 0 Å². The van der Waals surface area contributed by atoms with Gasteiger partial charge in [0.2, 0.25) is 0 Å². The van der Waals surface area contributed by atoms with Crippen LogP contribution in [0.2, 0.25) is 0 Å². The second kappa shape index (κ2) is 8.82. The van der Waals surface area contributed by atoms with E-state index < -0.39 is 12.0 Å². The summed E-state index contributed by atoms with van der Waals surface area (Å²) in [5.41, 5.74) is 4.86. The Kier molecular flexibility index (Phi) is 6.42. The van der Waals surface area contributed by atoms with Crippen molar-refractivity contribution in [3.8, 4) is 0 Å². The van der Waals surface area contributed by atoms with Gasteiger partial charge in [0, 0.05) is 24.0 Å². The van der Waals surface area contributed by atoms with Crippen LogP contribution in [-0.2, 0) is 11.3 Å². The van der Waals surface area contributed by atoms with Crippen LogP contribution >= 0.6 is 0 Å². The Morgan fingerprint density at radius 1 is 1.21 bits per heavy atom. The molecule has 156 valence electrons. The lowest BCUT2D eigenvalue weighted by atomic mass is 9.95. The molecule has 6 nitrogen and oxygen atoms in total. The van der Waals surface area contributed by atoms with Gasteiger partial charge in [0.25, 0.3) is 5.56 Å². The lowest BCUT2D eigenvalue weighted by Crippen LogP contribution is -2.38. The van der Waals surface area contributed by atoms with Gasteiger partial charge in [-0.1, -0.05) is 26.0 Å². The molecule has 1 aromatic carbocycles. The molecule has 1 aromatic heterocycles. The zero-order valence-electron chi connectivity index (χ0n) is 17.6. The third-order valence-corrected chi connectivity index (χ3v) is 5.64. The second-order valence-corrected chi connectivity index (χ2v) is 8.49. The Morgan fingerprint density at radius 2 is 1.93 bits per heavy atom. The highest BCUT2D eigenvalue weighted by molar-refractivity contribution is 5.74. The largest absolute Gasteiger partial charge is 0.480 e. The van der Waals surface area contributed by atoms with E-state index in [0.29, 0.717) is 18.0 Å². The van der Waals surface area contributed by atoms with Crippen LogP contribution in [0.5, 0.6) is 0 Å². The van der Waals surface area contributed by atoms with Crippen molar-refractivity contribution in [2.75, 3.05) is 5.32 Å². The van der Waals surface area contributed by atoms with Gasteiger partial charge >= 0.3 is 5.97 Å². The Balaban J connectivity index is 1.77. The van der Waals surface area contributed by atoms with E-state index in [0.717, 1.165) is 35.2 Å². The van der Waals surface area contributed by atoms with Gasteiger partial charge in [-0.15, -0.1) is 0 Å². The molecule has 0 amide bonds. The third kappa shape index (κ3) is 5.26. The summed E-state index contributed by atoms with van der Waals surface area (Å²) in [5.74, 6) is -0.205. The molecular formula is C23H31N3O3. The van der Waals surface area contributed by atoms with Crippen molar-refractivity contribution in [2.24, 2.45) is 11.8 Å². The minimum atomic E-state index is -0.772. The van der Waals surface area contributed by atoms with Crippen molar-refractivity contribution < 1.29 is 9.90 Å². The van der Waals surface area contributed by atoms with E-state index in [9.17, 15) is 14.7 Å². The molecule has 1 fully saturated rings. The number of H-pyrrole nitrogens is 1. The lowest BCUT2D eigenvalue weighted by molar-refractivity contribution is -0.140. The Morgan fingerprint density at radius 3 is 2.52 bits per heavy atom. The van der Waals surface area contributed by atoms with Crippen LogP contribution < -0.4 is 16.2 Å². The standard InChI is InChI=1S/C23H31N3O3/c1-13(2)20(18-9-15(4)22(27)25-12-18)26-19-10-16(6-5-14(19)3)11-24-21(23(28)29)17-7-8-17/h5-6,9-10,12-13,17,20-21,24,26H,7-8,11H2,1-4H3,(H,25,27)(H,28,29). The monoisotopic (exact) mass is 397 g/mol. The summed E-state index contributed by atoms with van der Waals surface area (Å²) in [6.45, 7) is 8.68. The predicted octanol–water partition coefficient (Wildman–Crippen LogP) is 3.75. The summed E-state index contributed by atoms with van der Waals surface area (Å²) in [6, 6.07) is 7.69. The van der Waals surface area contributed by atoms with E-state index in [4.69, 9.17) is 0 Å². The number of rotatable bonds is 9. The molecule has 1 aliphatic carbocycles. The maximum Gasteiger partial charge on any atom is 0.320 e. The smallest absolute Gasteiger partial charge is 0.320 e. The van der Waals surface area contributed by atoms with Gasteiger partial charge < -0.3 is 20.7 Å². The number of aryl methyl sites for hydroxylation is 2. The first-order valence-corrected chi connectivity index (χ1v) is 10.3. The van der Waals surface area contributed by atoms with Gasteiger partial charge in [0.05, 0.1) is 6.04 Å². The van der Waals surface area contributed by atoms with E-state index in [1.54, 1.807) is 6.20 Å². The summed E-state index contributed by atoms with van der Waals surface area (Å²) in [6.07, 6.45) is 3.75. The number of anilines is 1. The van der Waals surface area contributed by atoms with Crippen LogP contribution in [0.15, 0.2) is 35.3 Å². The van der Waals surface area contributed by atoms with Crippen LogP contribution in [0.1, 0.15) is 55.0 Å². The first kappa shape index (κ1) is 21.1. The Hall–Kier alpha value is -2.60. The highest BCUT2D eigenvalue weighted by Gasteiger charge is 2.35. The number of carboxylic acids is 1. The molecule has 1 saturated carbocycles. The molecule has 3 rings (SSSR count). The van der Waals surface area contributed by atoms with Crippen molar-refractivity contribution in [2.45, 2.75) is 59.2 Å². The summed E-state index contributed by atoms with van der Waals surface area (Å²) in [7, 11) is 0. The molecule has 2 aromatic rings. The predicted molar refractivity (Wildman–Crippen MR) is 115 cm³/mol. The van der Waals surface area contributed by atoms with Crippen LogP contribution in [0, 0.1) is 25.7 Å². The summed E-state index contributed by atoms with van der Waals surface area (Å²) in [4.78, 5) is 26.0. The molecular weight excluding hydrogens is 366 g/mol. The van der Waals surface area contributed by atoms with Gasteiger partial charge in [0.15, 0.2) is 0 Å². The molecule has 4 N–H and O–H groups in total. The Bertz CT molecular complexity index is 931. The summed E-state index contributed by atoms with van der Waals surface area (Å²) in [5, 5.41) is 16.2. The fraction of sp³-hybridized carbons (Fsp3) is 0.478. The minimum Gasteiger partial charge on any atom is -0.480 e. The van der Waals surface area contributed by atoms with Gasteiger partial charge in [-0.3, -0.25) is 9.59 Å². The molecule has 2 unspecified atom stereocenters. The number of pyridine rings is 1. The second-order valence-electron chi connectivity index (χ2n) is 8.49. The highest BCUT2D eigenvalue weighted by atomic mass is 16.4. The van der Waals surface area contributed by atoms with E-state index in [2.05, 4.69) is 48.5 Å². The zero-order valence-corrected chi connectivity index (χ0v) is 17.6. The van der Waals surface area contributed by atoms with Crippen molar-refractivity contribution in [3.63, 3.8) is 0 Å². The molecule has 0 bridgehead atoms. The number of carbonyl (C=O) groups is 1. The minimum absolute atomic E-state index is 0.0469. The number of hydrogen-bond acceptors (Lipinski definition) is 4. The Labute approximate surface area is 171 Å². The van der Waals surface area contributed by atoms with Gasteiger partial charge in [-0.2, -0.15) is 0 Å². The van der Waals surface area contributed by atoms with Gasteiger partial charge in [0.1, 0.15) is 6.04 Å². The van der Waals surface area contributed by atoms with Gasteiger partial charge in [-0.05, 0) is 67.3 Å². The molecule has 1 aliphatic rings. The number of aromatic amines is 1. The fourth-order valence-electron chi connectivity index (χ4n) is 3.65. The lowest BCUT2D eigenvalue weighted by Gasteiger charge is -2.25.